The number of piperidine rings is 1. The molecule has 2 aliphatic rings. The summed E-state index contributed by atoms with van der Waals surface area (Å²) in [5, 5.41) is 10.6. The van der Waals surface area contributed by atoms with Crippen LogP contribution in [0, 0.1) is 5.92 Å². The highest BCUT2D eigenvalue weighted by atomic mass is 79.9. The molecule has 2 aromatic rings. The lowest BCUT2D eigenvalue weighted by Gasteiger charge is -2.36. The van der Waals surface area contributed by atoms with Crippen molar-refractivity contribution in [2.45, 2.75) is 37.2 Å². The van der Waals surface area contributed by atoms with Crippen LogP contribution in [0.2, 0.25) is 0 Å². The van der Waals surface area contributed by atoms with Gasteiger partial charge in [-0.25, -0.2) is 0 Å². The van der Waals surface area contributed by atoms with Gasteiger partial charge in [-0.3, -0.25) is 4.79 Å². The Hall–Kier alpha value is -1.65. The third kappa shape index (κ3) is 3.33. The van der Waals surface area contributed by atoms with E-state index >= 15 is 0 Å². The molecule has 4 heteroatoms. The molecule has 136 valence electrons. The van der Waals surface area contributed by atoms with Crippen molar-refractivity contribution < 1.29 is 9.90 Å². The molecule has 1 saturated carbocycles. The van der Waals surface area contributed by atoms with Crippen molar-refractivity contribution in [1.29, 1.82) is 0 Å². The number of likely N-dealkylation sites (tertiary alicyclic amines) is 1. The highest BCUT2D eigenvalue weighted by molar-refractivity contribution is 9.10. The number of nitrogens with zero attached hydrogens (tertiary/aromatic N) is 1. The molecule has 0 aromatic heterocycles. The molecule has 1 heterocycles. The average Bonchev–Trinajstić information content (AvgIpc) is 3.50. The summed E-state index contributed by atoms with van der Waals surface area (Å²) in [6.45, 7) is 1.48. The molecule has 2 aromatic carbocycles. The number of rotatable bonds is 4. The Kier molecular flexibility index (Phi) is 4.89. The van der Waals surface area contributed by atoms with Crippen molar-refractivity contribution in [2.75, 3.05) is 13.1 Å². The van der Waals surface area contributed by atoms with Gasteiger partial charge in [-0.1, -0.05) is 58.4 Å². The maximum atomic E-state index is 13.2. The molecule has 1 amide bonds. The molecule has 4 rings (SSSR count). The second-order valence-electron chi connectivity index (χ2n) is 7.57. The van der Waals surface area contributed by atoms with E-state index in [2.05, 4.69) is 28.1 Å². The molecule has 0 bridgehead atoms. The van der Waals surface area contributed by atoms with Gasteiger partial charge in [0.15, 0.2) is 0 Å². The van der Waals surface area contributed by atoms with Crippen LogP contribution in [0.3, 0.4) is 0 Å². The first-order valence-electron chi connectivity index (χ1n) is 9.39. The summed E-state index contributed by atoms with van der Waals surface area (Å²) in [5.41, 5.74) is 1.81. The number of hydrogen-bond acceptors (Lipinski definition) is 2. The van der Waals surface area contributed by atoms with Crippen molar-refractivity contribution in [2.24, 2.45) is 5.92 Å². The third-order valence-electron chi connectivity index (χ3n) is 5.97. The number of carbonyl (C=O) groups excluding carboxylic acids is 1. The summed E-state index contributed by atoms with van der Waals surface area (Å²) in [7, 11) is 0. The lowest BCUT2D eigenvalue weighted by Crippen LogP contribution is -2.44. The fraction of sp³-hybridized carbons (Fsp3) is 0.409. The van der Waals surface area contributed by atoms with Crippen LogP contribution < -0.4 is 0 Å². The Morgan fingerprint density at radius 2 is 1.65 bits per heavy atom. The number of aliphatic hydroxyl groups is 1. The molecular formula is C22H24BrNO2. The predicted molar refractivity (Wildman–Crippen MR) is 106 cm³/mol. The summed E-state index contributed by atoms with van der Waals surface area (Å²) < 4.78 is 1.04. The highest BCUT2D eigenvalue weighted by Crippen LogP contribution is 2.50. The van der Waals surface area contributed by atoms with Crippen LogP contribution in [-0.4, -0.2) is 29.0 Å². The van der Waals surface area contributed by atoms with Gasteiger partial charge in [0.1, 0.15) is 0 Å². The van der Waals surface area contributed by atoms with Gasteiger partial charge in [0.25, 0.3) is 0 Å². The maximum Gasteiger partial charge on any atom is 0.233 e. The zero-order valence-corrected chi connectivity index (χ0v) is 16.4. The van der Waals surface area contributed by atoms with Gasteiger partial charge in [-0.15, -0.1) is 0 Å². The summed E-state index contributed by atoms with van der Waals surface area (Å²) in [6.07, 6.45) is 3.17. The standard InChI is InChI=1S/C22H24BrNO2/c23-19-8-6-18(7-9-19)22(12-13-22)21(26)24-14-10-17(11-15-24)20(25)16-4-2-1-3-5-16/h1-9,17,20,25H,10-15H2. The number of carbonyl (C=O) groups is 1. The maximum absolute atomic E-state index is 13.2. The van der Waals surface area contributed by atoms with Crippen molar-refractivity contribution in [3.63, 3.8) is 0 Å². The van der Waals surface area contributed by atoms with Crippen LogP contribution in [0.4, 0.5) is 0 Å². The second kappa shape index (κ2) is 7.16. The fourth-order valence-corrected chi connectivity index (χ4v) is 4.43. The minimum Gasteiger partial charge on any atom is -0.388 e. The number of amides is 1. The van der Waals surface area contributed by atoms with E-state index in [0.29, 0.717) is 0 Å². The summed E-state index contributed by atoms with van der Waals surface area (Å²) in [6, 6.07) is 18.0. The van der Waals surface area contributed by atoms with E-state index in [1.54, 1.807) is 0 Å². The molecule has 1 aliphatic heterocycles. The van der Waals surface area contributed by atoms with E-state index in [1.807, 2.05) is 47.4 Å². The van der Waals surface area contributed by atoms with Gasteiger partial charge in [0.2, 0.25) is 5.91 Å². The zero-order chi connectivity index (χ0) is 18.1. The minimum absolute atomic E-state index is 0.226. The predicted octanol–water partition coefficient (Wildman–Crippen LogP) is 4.45. The van der Waals surface area contributed by atoms with Crippen molar-refractivity contribution >= 4 is 21.8 Å². The molecule has 1 N–H and O–H groups in total. The molecular weight excluding hydrogens is 390 g/mol. The molecule has 0 spiro atoms. The van der Waals surface area contributed by atoms with E-state index in [-0.39, 0.29) is 17.2 Å². The minimum atomic E-state index is -0.435. The quantitative estimate of drug-likeness (QED) is 0.803. The summed E-state index contributed by atoms with van der Waals surface area (Å²) in [4.78, 5) is 15.2. The van der Waals surface area contributed by atoms with Gasteiger partial charge in [0, 0.05) is 17.6 Å². The van der Waals surface area contributed by atoms with Crippen LogP contribution in [0.15, 0.2) is 59.1 Å². The average molecular weight is 414 g/mol. The molecule has 26 heavy (non-hydrogen) atoms. The van der Waals surface area contributed by atoms with E-state index < -0.39 is 6.10 Å². The van der Waals surface area contributed by atoms with Crippen LogP contribution >= 0.6 is 15.9 Å². The first-order valence-corrected chi connectivity index (χ1v) is 10.2. The van der Waals surface area contributed by atoms with E-state index in [0.717, 1.165) is 54.4 Å². The van der Waals surface area contributed by atoms with Crippen molar-refractivity contribution in [3.05, 3.63) is 70.2 Å². The SMILES string of the molecule is O=C(N1CCC(C(O)c2ccccc2)CC1)C1(c2ccc(Br)cc2)CC1. The lowest BCUT2D eigenvalue weighted by atomic mass is 9.86. The van der Waals surface area contributed by atoms with E-state index in [9.17, 15) is 9.90 Å². The van der Waals surface area contributed by atoms with Crippen molar-refractivity contribution in [1.82, 2.24) is 4.90 Å². The normalized spacial score (nSPS) is 20.6. The molecule has 1 saturated heterocycles. The molecule has 1 unspecified atom stereocenters. The van der Waals surface area contributed by atoms with Gasteiger partial charge >= 0.3 is 0 Å². The second-order valence-corrected chi connectivity index (χ2v) is 8.49. The first-order chi connectivity index (χ1) is 12.6. The van der Waals surface area contributed by atoms with E-state index in [4.69, 9.17) is 0 Å². The largest absolute Gasteiger partial charge is 0.388 e. The third-order valence-corrected chi connectivity index (χ3v) is 6.50. The fourth-order valence-electron chi connectivity index (χ4n) is 4.16. The topological polar surface area (TPSA) is 40.5 Å². The molecule has 2 fully saturated rings. The summed E-state index contributed by atoms with van der Waals surface area (Å²) >= 11 is 3.47. The Bertz CT molecular complexity index is 762. The van der Waals surface area contributed by atoms with Gasteiger partial charge in [-0.2, -0.15) is 0 Å². The Labute approximate surface area is 163 Å². The van der Waals surface area contributed by atoms with Gasteiger partial charge in [-0.05, 0) is 54.9 Å². The van der Waals surface area contributed by atoms with Gasteiger partial charge < -0.3 is 10.0 Å². The van der Waals surface area contributed by atoms with Crippen molar-refractivity contribution in [3.8, 4) is 0 Å². The van der Waals surface area contributed by atoms with E-state index in [1.165, 1.54) is 0 Å². The summed E-state index contributed by atoms with van der Waals surface area (Å²) in [5.74, 6) is 0.497. The van der Waals surface area contributed by atoms with Crippen LogP contribution in [0.25, 0.3) is 0 Å². The number of aliphatic hydroxyl groups excluding tert-OH is 1. The van der Waals surface area contributed by atoms with Gasteiger partial charge in [0.05, 0.1) is 11.5 Å². The van der Waals surface area contributed by atoms with Crippen LogP contribution in [-0.2, 0) is 10.2 Å². The smallest absolute Gasteiger partial charge is 0.233 e. The zero-order valence-electron chi connectivity index (χ0n) is 14.8. The molecule has 1 atom stereocenters. The molecule has 0 radical (unpaired) electrons. The Morgan fingerprint density at radius 1 is 1.04 bits per heavy atom. The molecule has 1 aliphatic carbocycles. The highest BCUT2D eigenvalue weighted by Gasteiger charge is 2.53. The lowest BCUT2D eigenvalue weighted by molar-refractivity contribution is -0.136. The molecule has 3 nitrogen and oxygen atoms in total. The van der Waals surface area contributed by atoms with Crippen LogP contribution in [0.1, 0.15) is 42.9 Å². The number of benzene rings is 2. The van der Waals surface area contributed by atoms with Crippen LogP contribution in [0.5, 0.6) is 0 Å². The monoisotopic (exact) mass is 413 g/mol. The number of halogens is 1. The Morgan fingerprint density at radius 3 is 2.23 bits per heavy atom. The Balaban J connectivity index is 1.40. The first kappa shape index (κ1) is 17.7. The number of hydrogen-bond donors (Lipinski definition) is 1.